The van der Waals surface area contributed by atoms with E-state index >= 15 is 0 Å². The zero-order valence-corrected chi connectivity index (χ0v) is 5.54. The van der Waals surface area contributed by atoms with Crippen molar-refractivity contribution in [2.24, 2.45) is 0 Å². The van der Waals surface area contributed by atoms with Crippen LogP contribution in [0.2, 0.25) is 0 Å². The van der Waals surface area contributed by atoms with E-state index in [1.807, 2.05) is 0 Å². The maximum absolute atomic E-state index is 9.93. The summed E-state index contributed by atoms with van der Waals surface area (Å²) in [5.74, 6) is 0. The third-order valence-electron chi connectivity index (χ3n) is 0.395. The molecule has 0 aliphatic carbocycles. The third-order valence-corrected chi connectivity index (χ3v) is 0.647. The molecule has 0 radical (unpaired) electrons. The summed E-state index contributed by atoms with van der Waals surface area (Å²) in [4.78, 5) is 9.93. The van der Waals surface area contributed by atoms with Gasteiger partial charge in [-0.15, -0.1) is 0 Å². The van der Waals surface area contributed by atoms with E-state index in [9.17, 15) is 4.79 Å². The van der Waals surface area contributed by atoms with Crippen molar-refractivity contribution in [2.75, 3.05) is 0 Å². The molecule has 0 bridgehead atoms. The number of carbonyl (C=O) groups is 1. The van der Waals surface area contributed by atoms with Gasteiger partial charge in [0.15, 0.2) is 0 Å². The van der Waals surface area contributed by atoms with Crippen LogP contribution in [0.4, 0.5) is 0 Å². The Morgan fingerprint density at radius 3 is 2.00 bits per heavy atom. The molecule has 0 aromatic rings. The van der Waals surface area contributed by atoms with Crippen molar-refractivity contribution in [2.45, 2.75) is 0 Å². The molecule has 0 aromatic carbocycles. The first-order valence-electron chi connectivity index (χ1n) is 1.85. The summed E-state index contributed by atoms with van der Waals surface area (Å²) >= 11 is 10.1. The topological polar surface area (TPSA) is 17.1 Å². The second kappa shape index (κ2) is 3.70. The van der Waals surface area contributed by atoms with Gasteiger partial charge in [0.1, 0.15) is 0 Å². The lowest BCUT2D eigenvalue weighted by molar-refractivity contribution is -0.107. The Morgan fingerprint density at radius 2 is 1.88 bits per heavy atom. The molecule has 0 aliphatic rings. The molecular weight excluding hydrogens is 147 g/mol. The highest BCUT2D eigenvalue weighted by Crippen LogP contribution is 1.97. The summed E-state index contributed by atoms with van der Waals surface area (Å²) in [6, 6.07) is 0. The molecule has 0 atom stereocenters. The largest absolute Gasteiger partial charge is 0.276 e. The van der Waals surface area contributed by atoms with Crippen molar-refractivity contribution in [3.8, 4) is 0 Å². The lowest BCUT2D eigenvalue weighted by Crippen LogP contribution is -1.72. The van der Waals surface area contributed by atoms with Gasteiger partial charge >= 0.3 is 0 Å². The average Bonchev–Trinajstić information content (AvgIpc) is 1.61. The van der Waals surface area contributed by atoms with Crippen LogP contribution >= 0.6 is 23.2 Å². The Balaban J connectivity index is 3.67. The molecule has 0 spiro atoms. The van der Waals surface area contributed by atoms with E-state index < -0.39 is 5.24 Å². The standard InChI is InChI=1S/C5H4Cl2O/c1-4(6)2-3-5(7)8/h2-3H,1H2/b3-2+. The smallest absolute Gasteiger partial charge is 0.245 e. The first-order valence-corrected chi connectivity index (χ1v) is 2.60. The first-order chi connectivity index (χ1) is 3.63. The summed E-state index contributed by atoms with van der Waals surface area (Å²) in [5.41, 5.74) is 0. The maximum Gasteiger partial charge on any atom is 0.245 e. The maximum atomic E-state index is 9.93. The van der Waals surface area contributed by atoms with E-state index in [1.165, 1.54) is 6.08 Å². The predicted molar refractivity (Wildman–Crippen MR) is 35.0 cm³/mol. The molecule has 1 nitrogen and oxygen atoms in total. The van der Waals surface area contributed by atoms with Crippen LogP contribution in [-0.2, 0) is 4.79 Å². The van der Waals surface area contributed by atoms with Crippen LogP contribution in [-0.4, -0.2) is 5.24 Å². The van der Waals surface area contributed by atoms with E-state index in [1.54, 1.807) is 0 Å². The van der Waals surface area contributed by atoms with Gasteiger partial charge in [-0.25, -0.2) is 0 Å². The monoisotopic (exact) mass is 150 g/mol. The summed E-state index contributed by atoms with van der Waals surface area (Å²) in [6.45, 7) is 3.29. The minimum absolute atomic E-state index is 0.291. The fourth-order valence-electron chi connectivity index (χ4n) is 0.156. The summed E-state index contributed by atoms with van der Waals surface area (Å²) in [6.07, 6.45) is 2.47. The molecule has 0 aliphatic heterocycles. The van der Waals surface area contributed by atoms with Gasteiger partial charge in [-0.3, -0.25) is 4.79 Å². The minimum atomic E-state index is -0.549. The minimum Gasteiger partial charge on any atom is -0.276 e. The van der Waals surface area contributed by atoms with E-state index in [4.69, 9.17) is 23.2 Å². The Hall–Kier alpha value is -0.270. The van der Waals surface area contributed by atoms with Crippen LogP contribution in [0.1, 0.15) is 0 Å². The molecule has 0 amide bonds. The Bertz CT molecular complexity index is 121. The molecular formula is C5H4Cl2O. The van der Waals surface area contributed by atoms with Crippen molar-refractivity contribution in [1.29, 1.82) is 0 Å². The van der Waals surface area contributed by atoms with Crippen LogP contribution in [0.3, 0.4) is 0 Å². The number of hydrogen-bond acceptors (Lipinski definition) is 1. The first kappa shape index (κ1) is 7.73. The van der Waals surface area contributed by atoms with E-state index in [2.05, 4.69) is 6.58 Å². The SMILES string of the molecule is C=C(Cl)/C=C/C(=O)Cl. The fourth-order valence-corrected chi connectivity index (χ4v) is 0.282. The van der Waals surface area contributed by atoms with E-state index in [0.717, 1.165) is 6.08 Å². The molecule has 3 heteroatoms. The van der Waals surface area contributed by atoms with Crippen molar-refractivity contribution in [3.05, 3.63) is 23.8 Å². The highest BCUT2D eigenvalue weighted by Gasteiger charge is 1.83. The van der Waals surface area contributed by atoms with Crippen LogP contribution in [0, 0.1) is 0 Å². The second-order valence-electron chi connectivity index (χ2n) is 1.08. The summed E-state index contributed by atoms with van der Waals surface area (Å²) in [5, 5.41) is -0.259. The van der Waals surface area contributed by atoms with Gasteiger partial charge in [0, 0.05) is 5.03 Å². The molecule has 0 saturated carbocycles. The number of hydrogen-bond donors (Lipinski definition) is 0. The molecule has 0 saturated heterocycles. The molecule has 0 rings (SSSR count). The van der Waals surface area contributed by atoms with Gasteiger partial charge in [0.25, 0.3) is 0 Å². The Kier molecular flexibility index (Phi) is 3.57. The number of halogens is 2. The van der Waals surface area contributed by atoms with Crippen molar-refractivity contribution < 1.29 is 4.79 Å². The number of rotatable bonds is 2. The fraction of sp³-hybridized carbons (Fsp3) is 0. The highest BCUT2D eigenvalue weighted by atomic mass is 35.5. The van der Waals surface area contributed by atoms with Gasteiger partial charge < -0.3 is 0 Å². The van der Waals surface area contributed by atoms with Gasteiger partial charge in [-0.2, -0.15) is 0 Å². The summed E-state index contributed by atoms with van der Waals surface area (Å²) in [7, 11) is 0. The van der Waals surface area contributed by atoms with Crippen LogP contribution in [0.5, 0.6) is 0 Å². The normalized spacial score (nSPS) is 9.75. The van der Waals surface area contributed by atoms with Gasteiger partial charge in [0.05, 0.1) is 0 Å². The van der Waals surface area contributed by atoms with Crippen LogP contribution < -0.4 is 0 Å². The molecule has 8 heavy (non-hydrogen) atoms. The van der Waals surface area contributed by atoms with Crippen molar-refractivity contribution in [3.63, 3.8) is 0 Å². The lowest BCUT2D eigenvalue weighted by Gasteiger charge is -1.76. The molecule has 0 N–H and O–H groups in total. The molecule has 0 fully saturated rings. The third kappa shape index (κ3) is 5.73. The number of allylic oxidation sites excluding steroid dienone is 3. The zero-order valence-electron chi connectivity index (χ0n) is 4.03. The van der Waals surface area contributed by atoms with Crippen LogP contribution in [0.25, 0.3) is 0 Å². The molecule has 44 valence electrons. The molecule has 0 unspecified atom stereocenters. The Labute approximate surface area is 57.6 Å². The van der Waals surface area contributed by atoms with Crippen molar-refractivity contribution >= 4 is 28.4 Å². The Morgan fingerprint density at radius 1 is 1.38 bits per heavy atom. The summed E-state index contributed by atoms with van der Waals surface area (Å²) < 4.78 is 0. The van der Waals surface area contributed by atoms with Crippen molar-refractivity contribution in [1.82, 2.24) is 0 Å². The lowest BCUT2D eigenvalue weighted by atomic mass is 10.5. The van der Waals surface area contributed by atoms with Gasteiger partial charge in [-0.1, -0.05) is 18.2 Å². The van der Waals surface area contributed by atoms with Gasteiger partial charge in [0.2, 0.25) is 5.24 Å². The molecule has 0 aromatic heterocycles. The molecule has 0 heterocycles. The van der Waals surface area contributed by atoms with E-state index in [0.29, 0.717) is 5.03 Å². The zero-order chi connectivity index (χ0) is 6.57. The quantitative estimate of drug-likeness (QED) is 0.335. The second-order valence-corrected chi connectivity index (χ2v) is 1.94. The predicted octanol–water partition coefficient (Wildman–Crippen LogP) is 2.06. The van der Waals surface area contributed by atoms with Crippen LogP contribution in [0.15, 0.2) is 23.8 Å². The average molecular weight is 151 g/mol. The highest BCUT2D eigenvalue weighted by molar-refractivity contribution is 6.66. The van der Waals surface area contributed by atoms with Gasteiger partial charge in [-0.05, 0) is 23.8 Å². The van der Waals surface area contributed by atoms with E-state index in [-0.39, 0.29) is 0 Å². The number of carbonyl (C=O) groups excluding carboxylic acids is 1.